The summed E-state index contributed by atoms with van der Waals surface area (Å²) in [6, 6.07) is 1.20. The van der Waals surface area contributed by atoms with Gasteiger partial charge in [-0.1, -0.05) is 34.8 Å². The lowest BCUT2D eigenvalue weighted by molar-refractivity contribution is -0.266. The SMILES string of the molecule is N#[N+]c1c([O-])c(Cl)cc(Cl)c1Cl. The summed E-state index contributed by atoms with van der Waals surface area (Å²) >= 11 is 16.5. The van der Waals surface area contributed by atoms with Gasteiger partial charge in [-0.05, 0) is 6.07 Å². The Kier molecular flexibility index (Phi) is 2.63. The molecule has 0 aliphatic carbocycles. The molecule has 0 unspecified atom stereocenters. The third-order valence-electron chi connectivity index (χ3n) is 1.20. The Morgan fingerprint density at radius 2 is 1.83 bits per heavy atom. The summed E-state index contributed by atoms with van der Waals surface area (Å²) in [5.74, 6) is -0.645. The Hall–Kier alpha value is -0.690. The van der Waals surface area contributed by atoms with Crippen LogP contribution < -0.4 is 5.11 Å². The van der Waals surface area contributed by atoms with Gasteiger partial charge in [0.25, 0.3) is 0 Å². The first-order valence-corrected chi connectivity index (χ1v) is 3.91. The van der Waals surface area contributed by atoms with Gasteiger partial charge in [0.1, 0.15) is 0 Å². The van der Waals surface area contributed by atoms with Crippen LogP contribution in [0.3, 0.4) is 0 Å². The molecule has 0 spiro atoms. The highest BCUT2D eigenvalue weighted by atomic mass is 35.5. The Morgan fingerprint density at radius 3 is 2.33 bits per heavy atom. The summed E-state index contributed by atoms with van der Waals surface area (Å²) in [5.41, 5.74) is -0.339. The highest BCUT2D eigenvalue weighted by Crippen LogP contribution is 2.42. The number of hydrogen-bond donors (Lipinski definition) is 0. The van der Waals surface area contributed by atoms with Crippen LogP contribution >= 0.6 is 34.8 Å². The van der Waals surface area contributed by atoms with Gasteiger partial charge in [-0.3, -0.25) is 0 Å². The van der Waals surface area contributed by atoms with Crippen molar-refractivity contribution in [3.63, 3.8) is 0 Å². The van der Waals surface area contributed by atoms with Gasteiger partial charge in [0.15, 0.2) is 10.00 Å². The van der Waals surface area contributed by atoms with E-state index >= 15 is 0 Å². The lowest BCUT2D eigenvalue weighted by Crippen LogP contribution is -1.91. The largest absolute Gasteiger partial charge is 0.866 e. The quantitative estimate of drug-likeness (QED) is 0.501. The van der Waals surface area contributed by atoms with E-state index in [4.69, 9.17) is 40.2 Å². The van der Waals surface area contributed by atoms with Gasteiger partial charge in [-0.2, -0.15) is 0 Å². The summed E-state index contributed by atoms with van der Waals surface area (Å²) in [6.07, 6.45) is 0. The topological polar surface area (TPSA) is 51.2 Å². The van der Waals surface area contributed by atoms with Gasteiger partial charge in [0, 0.05) is 10.8 Å². The number of benzene rings is 1. The highest BCUT2D eigenvalue weighted by Gasteiger charge is 2.19. The molecule has 12 heavy (non-hydrogen) atoms. The fourth-order valence-electron chi connectivity index (χ4n) is 0.655. The molecule has 0 aromatic heterocycles. The maximum atomic E-state index is 11.0. The second-order valence-corrected chi connectivity index (χ2v) is 3.12. The van der Waals surface area contributed by atoms with E-state index in [0.717, 1.165) is 0 Å². The van der Waals surface area contributed by atoms with E-state index in [1.54, 1.807) is 0 Å². The smallest absolute Gasteiger partial charge is 0.398 e. The molecule has 0 saturated carbocycles. The zero-order valence-electron chi connectivity index (χ0n) is 5.51. The Balaban J connectivity index is 3.56. The van der Waals surface area contributed by atoms with E-state index in [-0.39, 0.29) is 20.8 Å². The summed E-state index contributed by atoms with van der Waals surface area (Å²) < 4.78 is 0. The van der Waals surface area contributed by atoms with Crippen molar-refractivity contribution in [3.8, 4) is 5.75 Å². The average molecular weight is 223 g/mol. The van der Waals surface area contributed by atoms with E-state index in [2.05, 4.69) is 4.98 Å². The first-order valence-electron chi connectivity index (χ1n) is 2.77. The fourth-order valence-corrected chi connectivity index (χ4v) is 1.29. The minimum atomic E-state index is -0.645. The van der Waals surface area contributed by atoms with Gasteiger partial charge in [-0.15, -0.1) is 0 Å². The van der Waals surface area contributed by atoms with Crippen molar-refractivity contribution in [3.05, 3.63) is 26.1 Å². The Labute approximate surface area is 83.1 Å². The van der Waals surface area contributed by atoms with Gasteiger partial charge >= 0.3 is 5.69 Å². The van der Waals surface area contributed by atoms with Crippen LogP contribution in [0.2, 0.25) is 15.1 Å². The molecule has 1 aromatic rings. The van der Waals surface area contributed by atoms with Gasteiger partial charge in [0.2, 0.25) is 5.39 Å². The van der Waals surface area contributed by atoms with Crippen LogP contribution in [0.25, 0.3) is 4.98 Å². The molecule has 0 N–H and O–H groups in total. The lowest BCUT2D eigenvalue weighted by atomic mass is 10.3. The summed E-state index contributed by atoms with van der Waals surface area (Å²) in [5, 5.41) is 19.3. The molecule has 1 aromatic carbocycles. The molecule has 0 fully saturated rings. The minimum Gasteiger partial charge on any atom is -0.866 e. The van der Waals surface area contributed by atoms with E-state index in [9.17, 15) is 5.11 Å². The Bertz CT molecular complexity index is 346. The third kappa shape index (κ3) is 1.42. The Morgan fingerprint density at radius 1 is 1.25 bits per heavy atom. The monoisotopic (exact) mass is 222 g/mol. The average Bonchev–Trinajstić information content (AvgIpc) is 2.02. The molecule has 0 heterocycles. The number of nitrogens with zero attached hydrogens (tertiary/aromatic N) is 2. The predicted molar refractivity (Wildman–Crippen MR) is 45.7 cm³/mol. The van der Waals surface area contributed by atoms with Crippen LogP contribution in [-0.2, 0) is 0 Å². The molecule has 0 aliphatic heterocycles. The van der Waals surface area contributed by atoms with E-state index in [1.165, 1.54) is 6.07 Å². The van der Waals surface area contributed by atoms with Crippen LogP contribution in [0.15, 0.2) is 6.07 Å². The fraction of sp³-hybridized carbons (Fsp3) is 0. The number of rotatable bonds is 0. The first-order chi connectivity index (χ1) is 5.57. The van der Waals surface area contributed by atoms with Crippen LogP contribution in [0.4, 0.5) is 5.69 Å². The minimum absolute atomic E-state index is 0.0778. The molecule has 3 nitrogen and oxygen atoms in total. The number of halogens is 3. The molecule has 0 saturated heterocycles. The molecule has 0 atom stereocenters. The van der Waals surface area contributed by atoms with Crippen LogP contribution in [-0.4, -0.2) is 0 Å². The van der Waals surface area contributed by atoms with Gasteiger partial charge in [-0.25, -0.2) is 0 Å². The zero-order valence-corrected chi connectivity index (χ0v) is 7.78. The molecular formula is C6HCl3N2O. The standard InChI is InChI=1S/C6HCl3N2O/c7-2-1-3(8)6(12)5(11-10)4(2)9/h1H. The molecular weight excluding hydrogens is 222 g/mol. The van der Waals surface area contributed by atoms with Crippen LogP contribution in [0.1, 0.15) is 0 Å². The predicted octanol–water partition coefficient (Wildman–Crippen LogP) is 3.20. The van der Waals surface area contributed by atoms with E-state index in [1.807, 2.05) is 0 Å². The maximum Gasteiger partial charge on any atom is 0.398 e. The molecule has 0 bridgehead atoms. The molecule has 0 radical (unpaired) electrons. The normalized spacial score (nSPS) is 9.50. The van der Waals surface area contributed by atoms with Crippen molar-refractivity contribution < 1.29 is 5.11 Å². The van der Waals surface area contributed by atoms with Crippen molar-refractivity contribution in [1.82, 2.24) is 0 Å². The second-order valence-electron chi connectivity index (χ2n) is 1.93. The second kappa shape index (κ2) is 3.36. The van der Waals surface area contributed by atoms with Crippen molar-refractivity contribution in [2.24, 2.45) is 0 Å². The van der Waals surface area contributed by atoms with Gasteiger partial charge in [0.05, 0.1) is 5.02 Å². The molecule has 62 valence electrons. The number of hydrogen-bond acceptors (Lipinski definition) is 2. The maximum absolute atomic E-state index is 11.0. The van der Waals surface area contributed by atoms with Gasteiger partial charge < -0.3 is 5.11 Å². The van der Waals surface area contributed by atoms with Crippen molar-refractivity contribution in [1.29, 1.82) is 5.39 Å². The zero-order chi connectivity index (χ0) is 9.30. The van der Waals surface area contributed by atoms with Crippen molar-refractivity contribution >= 4 is 40.5 Å². The third-order valence-corrected chi connectivity index (χ3v) is 2.26. The summed E-state index contributed by atoms with van der Waals surface area (Å²) in [7, 11) is 0. The van der Waals surface area contributed by atoms with Crippen LogP contribution in [0, 0.1) is 5.39 Å². The summed E-state index contributed by atoms with van der Waals surface area (Å²) in [4.78, 5) is 2.68. The lowest BCUT2D eigenvalue weighted by Gasteiger charge is -2.05. The summed E-state index contributed by atoms with van der Waals surface area (Å²) in [6.45, 7) is 0. The highest BCUT2D eigenvalue weighted by molar-refractivity contribution is 6.45. The van der Waals surface area contributed by atoms with Crippen molar-refractivity contribution in [2.75, 3.05) is 0 Å². The van der Waals surface area contributed by atoms with Crippen LogP contribution in [0.5, 0.6) is 5.75 Å². The van der Waals surface area contributed by atoms with E-state index in [0.29, 0.717) is 0 Å². The molecule has 0 amide bonds. The number of diazo groups is 1. The van der Waals surface area contributed by atoms with Crippen molar-refractivity contribution in [2.45, 2.75) is 0 Å². The van der Waals surface area contributed by atoms with E-state index < -0.39 is 5.75 Å². The molecule has 1 rings (SSSR count). The molecule has 6 heteroatoms. The first kappa shape index (κ1) is 9.40. The molecule has 0 aliphatic rings.